The van der Waals surface area contributed by atoms with E-state index in [1.54, 1.807) is 42.5 Å². The van der Waals surface area contributed by atoms with Crippen LogP contribution in [0.2, 0.25) is 0 Å². The molecule has 0 saturated heterocycles. The predicted molar refractivity (Wildman–Crippen MR) is 88.6 cm³/mol. The number of rotatable bonds is 6. The van der Waals surface area contributed by atoms with Gasteiger partial charge in [0.1, 0.15) is 13.2 Å². The van der Waals surface area contributed by atoms with Crippen molar-refractivity contribution < 1.29 is 23.0 Å². The van der Waals surface area contributed by atoms with Crippen LogP contribution in [-0.4, -0.2) is 31.3 Å². The molecule has 1 N–H and O–H groups in total. The summed E-state index contributed by atoms with van der Waals surface area (Å²) in [5, 5.41) is 2.99. The van der Waals surface area contributed by atoms with Gasteiger partial charge in [-0.05, 0) is 42.5 Å². The molecular weight excluding hydrogens is 336 g/mol. The summed E-state index contributed by atoms with van der Waals surface area (Å²) in [5.74, 6) is -1.34. The molecule has 0 aromatic heterocycles. The van der Waals surface area contributed by atoms with E-state index in [1.807, 2.05) is 0 Å². The van der Waals surface area contributed by atoms with Gasteiger partial charge in [0.2, 0.25) is 0 Å². The number of halogens is 2. The molecule has 0 amide bonds. The second-order valence-electron chi connectivity index (χ2n) is 5.04. The van der Waals surface area contributed by atoms with Gasteiger partial charge in [0.25, 0.3) is 5.76 Å². The molecule has 0 fully saturated rings. The first-order chi connectivity index (χ1) is 11.6. The largest absolute Gasteiger partial charge is 0.486 e. The molecule has 2 aromatic carbocycles. The van der Waals surface area contributed by atoms with Crippen molar-refractivity contribution in [3.8, 4) is 11.5 Å². The molecule has 3 rings (SSSR count). The Balaban J connectivity index is 1.59. The molecule has 24 heavy (non-hydrogen) atoms. The van der Waals surface area contributed by atoms with Crippen LogP contribution in [0.3, 0.4) is 0 Å². The number of Topliss-reactive ketones (excluding diaryl/α,β-unsaturated/α-hetero) is 1. The van der Waals surface area contributed by atoms with Crippen LogP contribution >= 0.6 is 11.8 Å². The van der Waals surface area contributed by atoms with Crippen molar-refractivity contribution in [2.45, 2.75) is 10.7 Å². The number of carbonyl (C=O) groups is 1. The zero-order valence-electron chi connectivity index (χ0n) is 12.6. The number of benzene rings is 2. The lowest BCUT2D eigenvalue weighted by atomic mass is 10.1. The van der Waals surface area contributed by atoms with Crippen molar-refractivity contribution in [2.24, 2.45) is 0 Å². The fourth-order valence-corrected chi connectivity index (χ4v) is 2.75. The van der Waals surface area contributed by atoms with Gasteiger partial charge in [0.15, 0.2) is 17.3 Å². The second-order valence-corrected chi connectivity index (χ2v) is 6.10. The van der Waals surface area contributed by atoms with Crippen LogP contribution in [0, 0.1) is 0 Å². The highest BCUT2D eigenvalue weighted by Crippen LogP contribution is 2.31. The van der Waals surface area contributed by atoms with Gasteiger partial charge >= 0.3 is 0 Å². The van der Waals surface area contributed by atoms with E-state index in [4.69, 9.17) is 9.47 Å². The Morgan fingerprint density at radius 2 is 1.79 bits per heavy atom. The number of hydrogen-bond acceptors (Lipinski definition) is 5. The average Bonchev–Trinajstić information content (AvgIpc) is 2.60. The minimum atomic E-state index is -2.44. The van der Waals surface area contributed by atoms with Crippen LogP contribution in [0.1, 0.15) is 10.4 Å². The molecule has 1 aliphatic heterocycles. The van der Waals surface area contributed by atoms with E-state index in [9.17, 15) is 13.6 Å². The van der Waals surface area contributed by atoms with Gasteiger partial charge < -0.3 is 14.8 Å². The van der Waals surface area contributed by atoms with Crippen molar-refractivity contribution in [2.75, 3.05) is 25.1 Å². The first kappa shape index (κ1) is 16.6. The molecular formula is C17H15F2NO3S. The van der Waals surface area contributed by atoms with E-state index in [0.29, 0.717) is 52.6 Å². The van der Waals surface area contributed by atoms with Gasteiger partial charge in [-0.2, -0.15) is 8.78 Å². The van der Waals surface area contributed by atoms with E-state index in [1.165, 1.54) is 0 Å². The van der Waals surface area contributed by atoms with E-state index >= 15 is 0 Å². The SMILES string of the molecule is O=C(CNc1ccc(SC(F)F)cc1)c1ccc2c(c1)OCCO2. The molecule has 0 bridgehead atoms. The number of carbonyl (C=O) groups excluding carboxylic acids is 1. The number of anilines is 1. The lowest BCUT2D eigenvalue weighted by Crippen LogP contribution is -2.17. The van der Waals surface area contributed by atoms with Crippen LogP contribution in [0.5, 0.6) is 11.5 Å². The summed E-state index contributed by atoms with van der Waals surface area (Å²) < 4.78 is 35.4. The van der Waals surface area contributed by atoms with E-state index in [2.05, 4.69) is 5.32 Å². The molecule has 4 nitrogen and oxygen atoms in total. The molecule has 0 radical (unpaired) electrons. The standard InChI is InChI=1S/C17H15F2NO3S/c18-17(19)24-13-4-2-12(3-5-13)20-10-14(21)11-1-6-15-16(9-11)23-8-7-22-15/h1-6,9,17,20H,7-8,10H2. The average molecular weight is 351 g/mol. The maximum Gasteiger partial charge on any atom is 0.288 e. The fraction of sp³-hybridized carbons (Fsp3) is 0.235. The summed E-state index contributed by atoms with van der Waals surface area (Å²) >= 11 is 0.488. The summed E-state index contributed by atoms with van der Waals surface area (Å²) in [6, 6.07) is 11.6. The van der Waals surface area contributed by atoms with Crippen LogP contribution in [0.4, 0.5) is 14.5 Å². The third-order valence-corrected chi connectivity index (χ3v) is 4.12. The Morgan fingerprint density at radius 1 is 1.08 bits per heavy atom. The zero-order valence-corrected chi connectivity index (χ0v) is 13.4. The van der Waals surface area contributed by atoms with E-state index in [-0.39, 0.29) is 12.3 Å². The van der Waals surface area contributed by atoms with E-state index in [0.717, 1.165) is 0 Å². The number of thioether (sulfide) groups is 1. The van der Waals surface area contributed by atoms with Gasteiger partial charge in [-0.25, -0.2) is 0 Å². The highest BCUT2D eigenvalue weighted by molar-refractivity contribution is 7.99. The Hall–Kier alpha value is -2.28. The van der Waals surface area contributed by atoms with Crippen LogP contribution in [-0.2, 0) is 0 Å². The Bertz CT molecular complexity index is 722. The molecule has 0 unspecified atom stereocenters. The number of fused-ring (bicyclic) bond motifs is 1. The van der Waals surface area contributed by atoms with E-state index < -0.39 is 5.76 Å². The molecule has 1 heterocycles. The zero-order chi connectivity index (χ0) is 16.9. The van der Waals surface area contributed by atoms with Gasteiger partial charge in [0.05, 0.1) is 6.54 Å². The third kappa shape index (κ3) is 4.17. The maximum absolute atomic E-state index is 12.3. The molecule has 7 heteroatoms. The first-order valence-electron chi connectivity index (χ1n) is 7.33. The van der Waals surface area contributed by atoms with Gasteiger partial charge in [0, 0.05) is 16.1 Å². The predicted octanol–water partition coefficient (Wildman–Crippen LogP) is 4.07. The van der Waals surface area contributed by atoms with Gasteiger partial charge in [-0.3, -0.25) is 4.79 Å². The fourth-order valence-electron chi connectivity index (χ4n) is 2.26. The van der Waals surface area contributed by atoms with Crippen molar-refractivity contribution in [3.63, 3.8) is 0 Å². The molecule has 0 saturated carbocycles. The third-order valence-electron chi connectivity index (χ3n) is 3.40. The van der Waals surface area contributed by atoms with Crippen LogP contribution in [0.25, 0.3) is 0 Å². The quantitative estimate of drug-likeness (QED) is 0.628. The molecule has 0 aliphatic carbocycles. The van der Waals surface area contributed by atoms with Gasteiger partial charge in [-0.15, -0.1) is 0 Å². The number of ether oxygens (including phenoxy) is 2. The molecule has 1 aliphatic rings. The topological polar surface area (TPSA) is 47.6 Å². The summed E-state index contributed by atoms with van der Waals surface area (Å²) in [6.07, 6.45) is 0. The molecule has 0 spiro atoms. The van der Waals surface area contributed by atoms with Crippen molar-refractivity contribution >= 4 is 23.2 Å². The monoisotopic (exact) mass is 351 g/mol. The molecule has 126 valence electrons. The Kier molecular flexibility index (Phi) is 5.20. The summed E-state index contributed by atoms with van der Waals surface area (Å²) in [5.41, 5.74) is 1.22. The minimum absolute atomic E-state index is 0.0982. The maximum atomic E-state index is 12.3. The van der Waals surface area contributed by atoms with Crippen LogP contribution < -0.4 is 14.8 Å². The number of alkyl halides is 2. The number of hydrogen-bond donors (Lipinski definition) is 1. The number of nitrogens with one attached hydrogen (secondary N) is 1. The minimum Gasteiger partial charge on any atom is -0.486 e. The lowest BCUT2D eigenvalue weighted by Gasteiger charge is -2.18. The van der Waals surface area contributed by atoms with Crippen molar-refractivity contribution in [1.82, 2.24) is 0 Å². The summed E-state index contributed by atoms with van der Waals surface area (Å²) in [4.78, 5) is 12.7. The lowest BCUT2D eigenvalue weighted by molar-refractivity contribution is 0.100. The summed E-state index contributed by atoms with van der Waals surface area (Å²) in [7, 11) is 0. The molecule has 2 aromatic rings. The highest BCUT2D eigenvalue weighted by Gasteiger charge is 2.15. The van der Waals surface area contributed by atoms with Gasteiger partial charge in [-0.1, -0.05) is 11.8 Å². The normalized spacial score (nSPS) is 13.0. The number of ketones is 1. The Labute approximate surface area is 142 Å². The Morgan fingerprint density at radius 3 is 2.50 bits per heavy atom. The van der Waals surface area contributed by atoms with Crippen LogP contribution in [0.15, 0.2) is 47.4 Å². The summed E-state index contributed by atoms with van der Waals surface area (Å²) in [6.45, 7) is 1.06. The smallest absolute Gasteiger partial charge is 0.288 e. The van der Waals surface area contributed by atoms with Crippen molar-refractivity contribution in [3.05, 3.63) is 48.0 Å². The second kappa shape index (κ2) is 7.53. The molecule has 0 atom stereocenters. The van der Waals surface area contributed by atoms with Crippen molar-refractivity contribution in [1.29, 1.82) is 0 Å². The highest BCUT2D eigenvalue weighted by atomic mass is 32.2. The first-order valence-corrected chi connectivity index (χ1v) is 8.21.